The molecule has 0 unspecified atom stereocenters. The largest absolute Gasteiger partial charge is 0.456 e. The first-order chi connectivity index (χ1) is 28.2. The van der Waals surface area contributed by atoms with Gasteiger partial charge in [-0.1, -0.05) is 170 Å². The minimum atomic E-state index is 0.586. The van der Waals surface area contributed by atoms with Gasteiger partial charge < -0.3 is 4.42 Å². The van der Waals surface area contributed by atoms with Gasteiger partial charge in [0.25, 0.3) is 0 Å². The van der Waals surface area contributed by atoms with Gasteiger partial charge in [0.15, 0.2) is 17.5 Å². The van der Waals surface area contributed by atoms with Gasteiger partial charge in [-0.05, 0) is 41.0 Å². The molecule has 3 aromatic heterocycles. The van der Waals surface area contributed by atoms with E-state index in [2.05, 4.69) is 146 Å². The van der Waals surface area contributed by atoms with Crippen LogP contribution in [-0.4, -0.2) is 19.9 Å². The number of hydrogen-bond donors (Lipinski definition) is 0. The molecule has 11 aromatic rings. The Morgan fingerprint density at radius 1 is 0.298 bits per heavy atom. The van der Waals surface area contributed by atoms with Gasteiger partial charge in [0.2, 0.25) is 0 Å². The van der Waals surface area contributed by atoms with E-state index in [1.165, 1.54) is 0 Å². The van der Waals surface area contributed by atoms with Gasteiger partial charge in [-0.15, -0.1) is 0 Å². The lowest BCUT2D eigenvalue weighted by molar-refractivity contribution is 0.669. The zero-order valence-corrected chi connectivity index (χ0v) is 30.7. The highest BCUT2D eigenvalue weighted by Crippen LogP contribution is 2.46. The van der Waals surface area contributed by atoms with Crippen LogP contribution in [0.5, 0.6) is 0 Å². The Morgan fingerprint density at radius 2 is 0.807 bits per heavy atom. The zero-order valence-electron chi connectivity index (χ0n) is 30.7. The number of para-hydroxylation sites is 2. The van der Waals surface area contributed by atoms with Crippen molar-refractivity contribution in [1.29, 1.82) is 0 Å². The van der Waals surface area contributed by atoms with E-state index >= 15 is 0 Å². The summed E-state index contributed by atoms with van der Waals surface area (Å²) in [5.74, 6) is 1.81. The third kappa shape index (κ3) is 5.72. The van der Waals surface area contributed by atoms with Crippen LogP contribution >= 0.6 is 0 Å². The second-order valence-corrected chi connectivity index (χ2v) is 14.2. The van der Waals surface area contributed by atoms with Crippen molar-refractivity contribution in [2.75, 3.05) is 0 Å². The van der Waals surface area contributed by atoms with Gasteiger partial charge in [0.1, 0.15) is 11.2 Å². The fraction of sp³-hybridized carbons (Fsp3) is 0. The first kappa shape index (κ1) is 32.7. The molecule has 0 atom stereocenters. The first-order valence-electron chi connectivity index (χ1n) is 19.1. The van der Waals surface area contributed by atoms with Crippen LogP contribution in [0.4, 0.5) is 0 Å². The molecular formula is C52H32N4O. The molecule has 0 aliphatic heterocycles. The molecule has 0 saturated carbocycles. The van der Waals surface area contributed by atoms with Crippen molar-refractivity contribution in [1.82, 2.24) is 19.9 Å². The molecular weight excluding hydrogens is 697 g/mol. The number of furan rings is 1. The first-order valence-corrected chi connectivity index (χ1v) is 19.1. The summed E-state index contributed by atoms with van der Waals surface area (Å²) in [7, 11) is 0. The molecule has 57 heavy (non-hydrogen) atoms. The molecule has 0 aliphatic rings. The summed E-state index contributed by atoms with van der Waals surface area (Å²) in [6, 6.07) is 66.8. The number of benzene rings is 8. The molecule has 0 bridgehead atoms. The van der Waals surface area contributed by atoms with Gasteiger partial charge in [0.05, 0.1) is 11.2 Å². The molecule has 3 heterocycles. The number of nitrogens with zero attached hydrogens (tertiary/aromatic N) is 4. The van der Waals surface area contributed by atoms with Crippen molar-refractivity contribution < 1.29 is 4.42 Å². The van der Waals surface area contributed by atoms with Crippen LogP contribution in [0.3, 0.4) is 0 Å². The average molecular weight is 729 g/mol. The van der Waals surface area contributed by atoms with E-state index in [-0.39, 0.29) is 0 Å². The lowest BCUT2D eigenvalue weighted by Crippen LogP contribution is -2.00. The number of hydrogen-bond acceptors (Lipinski definition) is 5. The Kier molecular flexibility index (Phi) is 7.74. The van der Waals surface area contributed by atoms with E-state index in [9.17, 15) is 0 Å². The highest BCUT2D eigenvalue weighted by molar-refractivity contribution is 6.27. The molecule has 0 saturated heterocycles. The summed E-state index contributed by atoms with van der Waals surface area (Å²) >= 11 is 0. The van der Waals surface area contributed by atoms with Crippen LogP contribution < -0.4 is 0 Å². The maximum absolute atomic E-state index is 6.61. The third-order valence-corrected chi connectivity index (χ3v) is 10.7. The predicted molar refractivity (Wildman–Crippen MR) is 233 cm³/mol. The third-order valence-electron chi connectivity index (χ3n) is 10.7. The lowest BCUT2D eigenvalue weighted by Gasteiger charge is -2.16. The molecule has 5 nitrogen and oxygen atoms in total. The van der Waals surface area contributed by atoms with Gasteiger partial charge in [-0.25, -0.2) is 19.9 Å². The lowest BCUT2D eigenvalue weighted by atomic mass is 9.89. The Morgan fingerprint density at radius 3 is 1.53 bits per heavy atom. The molecule has 11 rings (SSSR count). The molecule has 266 valence electrons. The maximum Gasteiger partial charge on any atom is 0.164 e. The molecule has 0 radical (unpaired) electrons. The van der Waals surface area contributed by atoms with Crippen molar-refractivity contribution in [3.63, 3.8) is 0 Å². The predicted octanol–water partition coefficient (Wildman–Crippen LogP) is 13.5. The quantitative estimate of drug-likeness (QED) is 0.160. The second kappa shape index (κ2) is 13.5. The normalized spacial score (nSPS) is 11.5. The Balaban J connectivity index is 1.13. The van der Waals surface area contributed by atoms with E-state index < -0.39 is 0 Å². The second-order valence-electron chi connectivity index (χ2n) is 14.2. The van der Waals surface area contributed by atoms with Crippen LogP contribution in [0.15, 0.2) is 199 Å². The zero-order chi connectivity index (χ0) is 37.7. The van der Waals surface area contributed by atoms with Crippen molar-refractivity contribution in [3.8, 4) is 67.7 Å². The minimum absolute atomic E-state index is 0.586. The molecule has 8 aromatic carbocycles. The summed E-state index contributed by atoms with van der Waals surface area (Å²) in [4.78, 5) is 20.6. The Bertz CT molecular complexity index is 3270. The molecule has 0 amide bonds. The molecule has 0 N–H and O–H groups in total. The van der Waals surface area contributed by atoms with Gasteiger partial charge in [-0.2, -0.15) is 0 Å². The SMILES string of the molecule is c1ccc(-c2ccc(-c3nc(-c4ccccc4)nc(-c4cccc(-c5nc6ccccc6c6c(-c7ccccc7)c7c(cc56)oc5ccccc57)c4)n3)cc2)cc1. The van der Waals surface area contributed by atoms with E-state index in [0.717, 1.165) is 93.8 Å². The Hall–Kier alpha value is -7.76. The van der Waals surface area contributed by atoms with Crippen LogP contribution in [0.25, 0.3) is 111 Å². The monoisotopic (exact) mass is 728 g/mol. The van der Waals surface area contributed by atoms with Gasteiger partial charge in [-0.3, -0.25) is 0 Å². The summed E-state index contributed by atoms with van der Waals surface area (Å²) < 4.78 is 6.61. The van der Waals surface area contributed by atoms with Crippen molar-refractivity contribution in [2.45, 2.75) is 0 Å². The molecule has 5 heteroatoms. The van der Waals surface area contributed by atoms with Crippen molar-refractivity contribution in [2.24, 2.45) is 0 Å². The van der Waals surface area contributed by atoms with Crippen molar-refractivity contribution in [3.05, 3.63) is 194 Å². The fourth-order valence-electron chi connectivity index (χ4n) is 8.03. The highest BCUT2D eigenvalue weighted by atomic mass is 16.3. The smallest absolute Gasteiger partial charge is 0.164 e. The molecule has 0 fully saturated rings. The van der Waals surface area contributed by atoms with E-state index in [0.29, 0.717) is 17.5 Å². The van der Waals surface area contributed by atoms with E-state index in [1.807, 2.05) is 48.5 Å². The average Bonchev–Trinajstić information content (AvgIpc) is 3.67. The van der Waals surface area contributed by atoms with E-state index in [4.69, 9.17) is 24.4 Å². The number of pyridine rings is 1. The summed E-state index contributed by atoms with van der Waals surface area (Å²) in [6.07, 6.45) is 0. The van der Waals surface area contributed by atoms with E-state index in [1.54, 1.807) is 0 Å². The topological polar surface area (TPSA) is 64.7 Å². The number of fused-ring (bicyclic) bond motifs is 6. The molecule has 0 aliphatic carbocycles. The van der Waals surface area contributed by atoms with Crippen LogP contribution in [0.2, 0.25) is 0 Å². The maximum atomic E-state index is 6.61. The van der Waals surface area contributed by atoms with Crippen molar-refractivity contribution >= 4 is 43.6 Å². The number of rotatable bonds is 6. The summed E-state index contributed by atoms with van der Waals surface area (Å²) in [6.45, 7) is 0. The highest BCUT2D eigenvalue weighted by Gasteiger charge is 2.22. The Labute approximate surface area is 328 Å². The molecule has 0 spiro atoms. The fourth-order valence-corrected chi connectivity index (χ4v) is 8.03. The van der Waals surface area contributed by atoms with Gasteiger partial charge in [0, 0.05) is 54.7 Å². The standard InChI is InChI=1S/C52H32N4O/c1-4-15-33(16-5-1)34-27-29-37(30-28-34)51-54-50(36-19-8-3-9-20-36)55-52(56-51)39-22-14-21-38(31-39)49-42-32-45-48(41-24-11-13-26-44(41)57-45)46(35-17-6-2-7-18-35)47(42)40-23-10-12-25-43(40)53-49/h1-32H. The summed E-state index contributed by atoms with van der Waals surface area (Å²) in [5.41, 5.74) is 11.7. The van der Waals surface area contributed by atoms with Crippen LogP contribution in [0.1, 0.15) is 0 Å². The number of aromatic nitrogens is 4. The van der Waals surface area contributed by atoms with Crippen LogP contribution in [0, 0.1) is 0 Å². The summed E-state index contributed by atoms with van der Waals surface area (Å²) in [5, 5.41) is 5.43. The van der Waals surface area contributed by atoms with Gasteiger partial charge >= 0.3 is 0 Å². The van der Waals surface area contributed by atoms with Crippen LogP contribution in [-0.2, 0) is 0 Å². The minimum Gasteiger partial charge on any atom is -0.456 e.